The van der Waals surface area contributed by atoms with Crippen molar-refractivity contribution in [2.75, 3.05) is 5.73 Å². The number of nitrogens with two attached hydrogens (primary N) is 1. The molecule has 2 N–H and O–H groups in total. The molecule has 0 radical (unpaired) electrons. The molecule has 0 aliphatic heterocycles. The second-order valence-corrected chi connectivity index (χ2v) is 2.35. The molecule has 0 unspecified atom stereocenters. The van der Waals surface area contributed by atoms with Crippen LogP contribution in [0.25, 0.3) is 0 Å². The van der Waals surface area contributed by atoms with Crippen LogP contribution in [0.5, 0.6) is 5.75 Å². The van der Waals surface area contributed by atoms with Gasteiger partial charge in [-0.1, -0.05) is 0 Å². The zero-order chi connectivity index (χ0) is 10.9. The average Bonchev–Trinajstić information content (AvgIpc) is 1.97. The number of hydrogen-bond acceptors (Lipinski definition) is 2. The first kappa shape index (κ1) is 10.6. The Hall–Kier alpha value is -1.53. The number of anilines is 1. The van der Waals surface area contributed by atoms with Crippen LogP contribution in [0.3, 0.4) is 0 Å². The third-order valence-electron chi connectivity index (χ3n) is 1.28. The molecular formula is C7H4F5NO. The van der Waals surface area contributed by atoms with Crippen LogP contribution < -0.4 is 10.5 Å². The van der Waals surface area contributed by atoms with E-state index in [1.165, 1.54) is 0 Å². The van der Waals surface area contributed by atoms with Gasteiger partial charge >= 0.3 is 6.36 Å². The predicted molar refractivity (Wildman–Crippen MR) is 37.5 cm³/mol. The Bertz CT molecular complexity index is 349. The first-order valence-electron chi connectivity index (χ1n) is 3.30. The van der Waals surface area contributed by atoms with Crippen molar-refractivity contribution in [3.8, 4) is 5.75 Å². The minimum absolute atomic E-state index is 0.234. The summed E-state index contributed by atoms with van der Waals surface area (Å²) in [6, 6.07) is 0.647. The second kappa shape index (κ2) is 3.32. The van der Waals surface area contributed by atoms with Gasteiger partial charge in [0, 0.05) is 12.1 Å². The van der Waals surface area contributed by atoms with Crippen LogP contribution in [0.2, 0.25) is 0 Å². The van der Waals surface area contributed by atoms with Gasteiger partial charge in [-0.3, -0.25) is 0 Å². The van der Waals surface area contributed by atoms with Crippen molar-refractivity contribution in [1.82, 2.24) is 0 Å². The lowest BCUT2D eigenvalue weighted by Gasteiger charge is -2.10. The molecule has 0 heterocycles. The molecule has 0 aromatic heterocycles. The fraction of sp³-hybridized carbons (Fsp3) is 0.143. The summed E-state index contributed by atoms with van der Waals surface area (Å²) < 4.78 is 63.3. The number of ether oxygens (including phenoxy) is 1. The van der Waals surface area contributed by atoms with E-state index < -0.39 is 29.4 Å². The number of benzene rings is 1. The lowest BCUT2D eigenvalue weighted by atomic mass is 10.3. The van der Waals surface area contributed by atoms with Crippen LogP contribution in [0.4, 0.5) is 27.6 Å². The summed E-state index contributed by atoms with van der Waals surface area (Å²) in [5, 5.41) is 0. The predicted octanol–water partition coefficient (Wildman–Crippen LogP) is 2.45. The molecule has 1 rings (SSSR count). The number of rotatable bonds is 1. The van der Waals surface area contributed by atoms with Crippen molar-refractivity contribution in [1.29, 1.82) is 0 Å². The Morgan fingerprint density at radius 3 is 2.14 bits per heavy atom. The van der Waals surface area contributed by atoms with E-state index in [0.29, 0.717) is 6.07 Å². The van der Waals surface area contributed by atoms with Gasteiger partial charge in [-0.2, -0.15) is 0 Å². The molecule has 14 heavy (non-hydrogen) atoms. The highest BCUT2D eigenvalue weighted by atomic mass is 19.4. The monoisotopic (exact) mass is 213 g/mol. The first-order chi connectivity index (χ1) is 6.29. The number of halogens is 5. The van der Waals surface area contributed by atoms with E-state index >= 15 is 0 Å². The van der Waals surface area contributed by atoms with E-state index in [0.717, 1.165) is 0 Å². The Labute approximate surface area is 75.1 Å². The summed E-state index contributed by atoms with van der Waals surface area (Å²) in [5.41, 5.74) is 4.32. The number of hydrogen-bond donors (Lipinski definition) is 1. The standard InChI is InChI=1S/C7H4F5NO/c8-3-2-6(14-7(10,11)12)4(9)1-5(3)13/h1-2H,13H2. The third-order valence-corrected chi connectivity index (χ3v) is 1.28. The molecular weight excluding hydrogens is 209 g/mol. The Morgan fingerprint density at radius 2 is 1.64 bits per heavy atom. The molecule has 0 spiro atoms. The summed E-state index contributed by atoms with van der Waals surface area (Å²) in [6.07, 6.45) is -5.07. The van der Waals surface area contributed by atoms with E-state index in [2.05, 4.69) is 4.74 Å². The van der Waals surface area contributed by atoms with Crippen molar-refractivity contribution in [2.24, 2.45) is 0 Å². The summed E-state index contributed by atoms with van der Waals surface area (Å²) in [7, 11) is 0. The van der Waals surface area contributed by atoms with Crippen LogP contribution in [0, 0.1) is 11.6 Å². The van der Waals surface area contributed by atoms with Crippen LogP contribution in [0.15, 0.2) is 12.1 Å². The van der Waals surface area contributed by atoms with Gasteiger partial charge < -0.3 is 10.5 Å². The van der Waals surface area contributed by atoms with Gasteiger partial charge in [0.2, 0.25) is 0 Å². The fourth-order valence-corrected chi connectivity index (χ4v) is 0.747. The summed E-state index contributed by atoms with van der Waals surface area (Å²) in [4.78, 5) is 0. The van der Waals surface area contributed by atoms with Crippen molar-refractivity contribution in [2.45, 2.75) is 6.36 Å². The maximum absolute atomic E-state index is 12.7. The van der Waals surface area contributed by atoms with Crippen molar-refractivity contribution in [3.05, 3.63) is 23.8 Å². The zero-order valence-corrected chi connectivity index (χ0v) is 6.53. The van der Waals surface area contributed by atoms with E-state index in [1.54, 1.807) is 0 Å². The normalized spacial score (nSPS) is 11.5. The van der Waals surface area contributed by atoms with Gasteiger partial charge in [0.25, 0.3) is 0 Å². The van der Waals surface area contributed by atoms with E-state index in [-0.39, 0.29) is 6.07 Å². The Kier molecular flexibility index (Phi) is 2.50. The van der Waals surface area contributed by atoms with Gasteiger partial charge in [0.05, 0.1) is 5.69 Å². The second-order valence-electron chi connectivity index (χ2n) is 2.35. The molecule has 1 aromatic rings. The molecule has 0 saturated heterocycles. The Balaban J connectivity index is 3.04. The molecule has 0 amide bonds. The highest BCUT2D eigenvalue weighted by Crippen LogP contribution is 2.28. The summed E-state index contributed by atoms with van der Waals surface area (Å²) in [6.45, 7) is 0. The Morgan fingerprint density at radius 1 is 1.07 bits per heavy atom. The molecule has 0 fully saturated rings. The largest absolute Gasteiger partial charge is 0.573 e. The van der Waals surface area contributed by atoms with Gasteiger partial charge in [0.15, 0.2) is 11.6 Å². The van der Waals surface area contributed by atoms with Crippen LogP contribution in [0.1, 0.15) is 0 Å². The van der Waals surface area contributed by atoms with Crippen LogP contribution in [-0.2, 0) is 0 Å². The van der Waals surface area contributed by atoms with Crippen LogP contribution >= 0.6 is 0 Å². The van der Waals surface area contributed by atoms with Crippen molar-refractivity contribution in [3.63, 3.8) is 0 Å². The lowest BCUT2D eigenvalue weighted by molar-refractivity contribution is -0.275. The third kappa shape index (κ3) is 2.48. The van der Waals surface area contributed by atoms with Crippen molar-refractivity contribution < 1.29 is 26.7 Å². The first-order valence-corrected chi connectivity index (χ1v) is 3.30. The minimum Gasteiger partial charge on any atom is -0.403 e. The van der Waals surface area contributed by atoms with Crippen molar-refractivity contribution >= 4 is 5.69 Å². The van der Waals surface area contributed by atoms with Gasteiger partial charge in [-0.25, -0.2) is 8.78 Å². The van der Waals surface area contributed by atoms with E-state index in [4.69, 9.17) is 5.73 Å². The maximum atomic E-state index is 12.7. The van der Waals surface area contributed by atoms with E-state index in [1.807, 2.05) is 0 Å². The quantitative estimate of drug-likeness (QED) is 0.574. The zero-order valence-electron chi connectivity index (χ0n) is 6.53. The van der Waals surface area contributed by atoms with Gasteiger partial charge in [-0.15, -0.1) is 13.2 Å². The molecule has 1 aromatic carbocycles. The van der Waals surface area contributed by atoms with Crippen LogP contribution in [-0.4, -0.2) is 6.36 Å². The summed E-state index contributed by atoms with van der Waals surface area (Å²) >= 11 is 0. The topological polar surface area (TPSA) is 35.2 Å². The highest BCUT2D eigenvalue weighted by molar-refractivity contribution is 5.44. The SMILES string of the molecule is Nc1cc(F)c(OC(F)(F)F)cc1F. The number of nitrogen functional groups attached to an aromatic ring is 1. The molecule has 7 heteroatoms. The molecule has 0 aliphatic rings. The fourth-order valence-electron chi connectivity index (χ4n) is 0.747. The smallest absolute Gasteiger partial charge is 0.403 e. The molecule has 0 saturated carbocycles. The average molecular weight is 213 g/mol. The molecule has 0 atom stereocenters. The highest BCUT2D eigenvalue weighted by Gasteiger charge is 2.32. The molecule has 78 valence electrons. The number of alkyl halides is 3. The minimum atomic E-state index is -5.07. The van der Waals surface area contributed by atoms with Gasteiger partial charge in [-0.05, 0) is 0 Å². The molecule has 2 nitrogen and oxygen atoms in total. The molecule has 0 aliphatic carbocycles. The van der Waals surface area contributed by atoms with Gasteiger partial charge in [0.1, 0.15) is 5.82 Å². The molecule has 0 bridgehead atoms. The maximum Gasteiger partial charge on any atom is 0.573 e. The summed E-state index contributed by atoms with van der Waals surface area (Å²) in [5.74, 6) is -3.80. The lowest BCUT2D eigenvalue weighted by Crippen LogP contribution is -2.18. The van der Waals surface area contributed by atoms with E-state index in [9.17, 15) is 22.0 Å².